The van der Waals surface area contributed by atoms with Crippen molar-refractivity contribution in [1.82, 2.24) is 25.4 Å². The molecule has 3 rings (SSSR count). The second-order valence-electron chi connectivity index (χ2n) is 7.02. The molecule has 0 aromatic carbocycles. The zero-order chi connectivity index (χ0) is 17.9. The molecule has 25 heavy (non-hydrogen) atoms. The first kappa shape index (κ1) is 17.9. The fraction of sp³-hybridized carbons (Fsp3) is 0.722. The van der Waals surface area contributed by atoms with Crippen molar-refractivity contribution in [1.29, 1.82) is 0 Å². The van der Waals surface area contributed by atoms with E-state index in [4.69, 9.17) is 9.73 Å². The number of aromatic nitrogens is 3. The number of ether oxygens (including phenoxy) is 1. The Hall–Kier alpha value is -1.89. The topological polar surface area (TPSA) is 76.4 Å². The van der Waals surface area contributed by atoms with Crippen molar-refractivity contribution >= 4 is 5.96 Å². The van der Waals surface area contributed by atoms with Crippen molar-refractivity contribution in [3.8, 4) is 0 Å². The number of aryl methyl sites for hydroxylation is 1. The van der Waals surface area contributed by atoms with Crippen LogP contribution in [0.2, 0.25) is 0 Å². The zero-order valence-corrected chi connectivity index (χ0v) is 15.6. The lowest BCUT2D eigenvalue weighted by Gasteiger charge is -2.61. The standard InChI is InChI=1S/C18H30N6O/c1-5-10-19-17(20-12-16-23-22-13(3)24(16)4)21-14-11-15(25-6-2)18(14)8-7-9-18/h5,14-15H,1,6-12H2,2-4H3,(H2,19,20,21). The molecule has 7 heteroatoms. The molecule has 2 N–H and O–H groups in total. The highest BCUT2D eigenvalue weighted by atomic mass is 16.5. The van der Waals surface area contributed by atoms with Crippen LogP contribution in [0.1, 0.15) is 44.3 Å². The van der Waals surface area contributed by atoms with Gasteiger partial charge in [-0.25, -0.2) is 4.99 Å². The van der Waals surface area contributed by atoms with Crippen LogP contribution in [0.25, 0.3) is 0 Å². The summed E-state index contributed by atoms with van der Waals surface area (Å²) in [5, 5.41) is 15.2. The molecule has 2 aliphatic rings. The molecule has 2 fully saturated rings. The van der Waals surface area contributed by atoms with Crippen molar-refractivity contribution in [3.63, 3.8) is 0 Å². The quantitative estimate of drug-likeness (QED) is 0.446. The lowest BCUT2D eigenvalue weighted by atomic mass is 9.51. The fourth-order valence-electron chi connectivity index (χ4n) is 3.87. The van der Waals surface area contributed by atoms with Crippen LogP contribution in [-0.4, -0.2) is 46.0 Å². The largest absolute Gasteiger partial charge is 0.378 e. The first-order valence-corrected chi connectivity index (χ1v) is 9.23. The van der Waals surface area contributed by atoms with E-state index in [0.29, 0.717) is 30.7 Å². The highest BCUT2D eigenvalue weighted by molar-refractivity contribution is 5.80. The Balaban J connectivity index is 1.66. The molecule has 1 heterocycles. The van der Waals surface area contributed by atoms with Crippen LogP contribution in [0.3, 0.4) is 0 Å². The summed E-state index contributed by atoms with van der Waals surface area (Å²) >= 11 is 0. The predicted molar refractivity (Wildman–Crippen MR) is 98.3 cm³/mol. The van der Waals surface area contributed by atoms with Crippen LogP contribution in [0.5, 0.6) is 0 Å². The van der Waals surface area contributed by atoms with E-state index in [1.165, 1.54) is 19.3 Å². The highest BCUT2D eigenvalue weighted by Gasteiger charge is 2.59. The van der Waals surface area contributed by atoms with Crippen molar-refractivity contribution in [2.75, 3.05) is 13.2 Å². The van der Waals surface area contributed by atoms with Crippen LogP contribution in [0, 0.1) is 12.3 Å². The molecule has 0 radical (unpaired) electrons. The van der Waals surface area contributed by atoms with E-state index in [2.05, 4.69) is 34.3 Å². The zero-order valence-electron chi connectivity index (χ0n) is 15.6. The summed E-state index contributed by atoms with van der Waals surface area (Å²) in [5.41, 5.74) is 0.300. The third kappa shape index (κ3) is 3.42. The number of hydrogen-bond donors (Lipinski definition) is 2. The molecule has 1 aromatic rings. The summed E-state index contributed by atoms with van der Waals surface area (Å²) < 4.78 is 7.91. The van der Waals surface area contributed by atoms with Gasteiger partial charge >= 0.3 is 0 Å². The van der Waals surface area contributed by atoms with Crippen molar-refractivity contribution in [2.24, 2.45) is 17.5 Å². The summed E-state index contributed by atoms with van der Waals surface area (Å²) in [4.78, 5) is 4.70. The van der Waals surface area contributed by atoms with E-state index in [-0.39, 0.29) is 0 Å². The molecule has 138 valence electrons. The molecule has 1 aromatic heterocycles. The summed E-state index contributed by atoms with van der Waals surface area (Å²) in [7, 11) is 1.96. The van der Waals surface area contributed by atoms with Crippen molar-refractivity contribution in [3.05, 3.63) is 24.3 Å². The SMILES string of the molecule is C=CCNC(=NCc1nnc(C)n1C)NC1CC(OCC)C12CCC2. The molecule has 1 spiro atoms. The van der Waals surface area contributed by atoms with Gasteiger partial charge in [0.1, 0.15) is 12.4 Å². The molecule has 0 saturated heterocycles. The maximum Gasteiger partial charge on any atom is 0.192 e. The van der Waals surface area contributed by atoms with Gasteiger partial charge < -0.3 is 19.9 Å². The van der Waals surface area contributed by atoms with E-state index in [1.807, 2.05) is 24.6 Å². The fourth-order valence-corrected chi connectivity index (χ4v) is 3.87. The molecule has 2 atom stereocenters. The number of aliphatic imine (C=N–C) groups is 1. The minimum Gasteiger partial charge on any atom is -0.378 e. The van der Waals surface area contributed by atoms with E-state index >= 15 is 0 Å². The Bertz CT molecular complexity index is 634. The second-order valence-corrected chi connectivity index (χ2v) is 7.02. The highest BCUT2D eigenvalue weighted by Crippen LogP contribution is 2.57. The first-order chi connectivity index (χ1) is 12.1. The summed E-state index contributed by atoms with van der Waals surface area (Å²) in [6.07, 6.45) is 7.06. The van der Waals surface area contributed by atoms with Gasteiger partial charge in [-0.2, -0.15) is 0 Å². The lowest BCUT2D eigenvalue weighted by molar-refractivity contribution is -0.168. The van der Waals surface area contributed by atoms with Gasteiger partial charge in [0.15, 0.2) is 11.8 Å². The molecule has 7 nitrogen and oxygen atoms in total. The van der Waals surface area contributed by atoms with Crippen LogP contribution >= 0.6 is 0 Å². The molecule has 0 amide bonds. The van der Waals surface area contributed by atoms with Gasteiger partial charge in [0.05, 0.1) is 6.10 Å². The average Bonchev–Trinajstić information content (AvgIpc) is 2.86. The number of guanidine groups is 1. The number of nitrogens with zero attached hydrogens (tertiary/aromatic N) is 4. The smallest absolute Gasteiger partial charge is 0.192 e. The first-order valence-electron chi connectivity index (χ1n) is 9.23. The molecule has 2 saturated carbocycles. The molecule has 2 unspecified atom stereocenters. The van der Waals surface area contributed by atoms with E-state index in [1.54, 1.807) is 0 Å². The third-order valence-corrected chi connectivity index (χ3v) is 5.72. The molecule has 2 aliphatic carbocycles. The summed E-state index contributed by atoms with van der Waals surface area (Å²) in [5.74, 6) is 2.56. The van der Waals surface area contributed by atoms with Crippen LogP contribution < -0.4 is 10.6 Å². The van der Waals surface area contributed by atoms with E-state index in [0.717, 1.165) is 30.6 Å². The number of hydrogen-bond acceptors (Lipinski definition) is 4. The van der Waals surface area contributed by atoms with Crippen molar-refractivity contribution < 1.29 is 4.74 Å². The Morgan fingerprint density at radius 1 is 1.48 bits per heavy atom. The summed E-state index contributed by atoms with van der Waals surface area (Å²) in [6.45, 7) is 9.77. The predicted octanol–water partition coefficient (Wildman–Crippen LogP) is 1.69. The number of rotatable bonds is 7. The minimum absolute atomic E-state index is 0.300. The molecular weight excluding hydrogens is 316 g/mol. The lowest BCUT2D eigenvalue weighted by Crippen LogP contribution is -2.68. The minimum atomic E-state index is 0.300. The Morgan fingerprint density at radius 3 is 2.84 bits per heavy atom. The molecular formula is C18H30N6O. The monoisotopic (exact) mass is 346 g/mol. The van der Waals surface area contributed by atoms with Gasteiger partial charge in [-0.15, -0.1) is 16.8 Å². The van der Waals surface area contributed by atoms with Crippen LogP contribution in [0.4, 0.5) is 0 Å². The van der Waals surface area contributed by atoms with Gasteiger partial charge in [-0.3, -0.25) is 0 Å². The second kappa shape index (κ2) is 7.56. The normalized spacial score (nSPS) is 24.5. The van der Waals surface area contributed by atoms with Gasteiger partial charge in [0.2, 0.25) is 0 Å². The third-order valence-electron chi connectivity index (χ3n) is 5.72. The van der Waals surface area contributed by atoms with Crippen LogP contribution in [0.15, 0.2) is 17.6 Å². The maximum absolute atomic E-state index is 5.94. The van der Waals surface area contributed by atoms with E-state index < -0.39 is 0 Å². The van der Waals surface area contributed by atoms with E-state index in [9.17, 15) is 0 Å². The van der Waals surface area contributed by atoms with Crippen LogP contribution in [-0.2, 0) is 18.3 Å². The average molecular weight is 346 g/mol. The molecule has 0 bridgehead atoms. The molecule has 0 aliphatic heterocycles. The number of nitrogens with one attached hydrogen (secondary N) is 2. The van der Waals surface area contributed by atoms with Crippen molar-refractivity contribution in [2.45, 2.75) is 58.2 Å². The van der Waals surface area contributed by atoms with Gasteiger partial charge in [-0.1, -0.05) is 12.5 Å². The van der Waals surface area contributed by atoms with Gasteiger partial charge in [-0.05, 0) is 33.1 Å². The Kier molecular flexibility index (Phi) is 5.42. The Labute approximate surface area is 150 Å². The van der Waals surface area contributed by atoms with Gasteiger partial charge in [0, 0.05) is 31.7 Å². The summed E-state index contributed by atoms with van der Waals surface area (Å²) in [6, 6.07) is 0.426. The Morgan fingerprint density at radius 2 is 2.28 bits per heavy atom. The maximum atomic E-state index is 5.94. The van der Waals surface area contributed by atoms with Gasteiger partial charge in [0.25, 0.3) is 0 Å².